The third kappa shape index (κ3) is 4.71. The van der Waals surface area contributed by atoms with Gasteiger partial charge >= 0.3 is 0 Å². The standard InChI is InChI=1S/C16H23N3O2.ClH/c1-16(2,11-17)18-15(21)13-7-5-12(6-8-13)10-19-9-3-4-14(19)20;/h5-8H,3-4,9-11,17H2,1-2H3,(H,18,21);1H. The molecule has 5 nitrogen and oxygen atoms in total. The van der Waals surface area contributed by atoms with E-state index in [4.69, 9.17) is 5.73 Å². The van der Waals surface area contributed by atoms with Crippen molar-refractivity contribution in [2.45, 2.75) is 38.8 Å². The minimum Gasteiger partial charge on any atom is -0.346 e. The van der Waals surface area contributed by atoms with E-state index in [9.17, 15) is 9.59 Å². The fourth-order valence-electron chi connectivity index (χ4n) is 2.28. The van der Waals surface area contributed by atoms with Crippen molar-refractivity contribution in [3.63, 3.8) is 0 Å². The summed E-state index contributed by atoms with van der Waals surface area (Å²) >= 11 is 0. The number of likely N-dealkylation sites (tertiary alicyclic amines) is 1. The van der Waals surface area contributed by atoms with Gasteiger partial charge in [0, 0.05) is 37.2 Å². The van der Waals surface area contributed by atoms with Gasteiger partial charge in [-0.15, -0.1) is 12.4 Å². The molecule has 2 rings (SSSR count). The molecule has 2 amide bonds. The zero-order chi connectivity index (χ0) is 15.5. The molecule has 1 saturated heterocycles. The Hall–Kier alpha value is -1.59. The van der Waals surface area contributed by atoms with Gasteiger partial charge in [0.05, 0.1) is 0 Å². The molecule has 0 unspecified atom stereocenters. The van der Waals surface area contributed by atoms with Crippen LogP contribution >= 0.6 is 12.4 Å². The van der Waals surface area contributed by atoms with Crippen molar-refractivity contribution in [1.82, 2.24) is 10.2 Å². The highest BCUT2D eigenvalue weighted by Crippen LogP contribution is 2.15. The maximum Gasteiger partial charge on any atom is 0.251 e. The van der Waals surface area contributed by atoms with E-state index in [1.807, 2.05) is 30.9 Å². The van der Waals surface area contributed by atoms with Crippen LogP contribution in [0.4, 0.5) is 0 Å². The van der Waals surface area contributed by atoms with Crippen LogP contribution in [0, 0.1) is 0 Å². The van der Waals surface area contributed by atoms with E-state index in [1.165, 1.54) is 0 Å². The van der Waals surface area contributed by atoms with E-state index < -0.39 is 5.54 Å². The molecule has 0 aromatic heterocycles. The lowest BCUT2D eigenvalue weighted by Crippen LogP contribution is -2.48. The molecule has 0 radical (unpaired) electrons. The summed E-state index contributed by atoms with van der Waals surface area (Å²) in [5, 5.41) is 2.89. The number of carbonyl (C=O) groups excluding carboxylic acids is 2. The zero-order valence-corrected chi connectivity index (χ0v) is 13.9. The van der Waals surface area contributed by atoms with Crippen LogP contribution < -0.4 is 11.1 Å². The number of benzene rings is 1. The van der Waals surface area contributed by atoms with Gasteiger partial charge in [-0.05, 0) is 38.0 Å². The highest BCUT2D eigenvalue weighted by molar-refractivity contribution is 5.94. The van der Waals surface area contributed by atoms with Gasteiger partial charge in [-0.2, -0.15) is 0 Å². The number of halogens is 1. The highest BCUT2D eigenvalue weighted by Gasteiger charge is 2.21. The lowest BCUT2D eigenvalue weighted by Gasteiger charge is -2.24. The number of hydrogen-bond donors (Lipinski definition) is 2. The third-order valence-electron chi connectivity index (χ3n) is 3.72. The summed E-state index contributed by atoms with van der Waals surface area (Å²) in [5.41, 5.74) is 6.84. The lowest BCUT2D eigenvalue weighted by molar-refractivity contribution is -0.128. The maximum atomic E-state index is 12.1. The van der Waals surface area contributed by atoms with Gasteiger partial charge in [0.2, 0.25) is 5.91 Å². The molecule has 6 heteroatoms. The minimum atomic E-state index is -0.419. The fourth-order valence-corrected chi connectivity index (χ4v) is 2.28. The van der Waals surface area contributed by atoms with Crippen molar-refractivity contribution in [3.8, 4) is 0 Å². The maximum absolute atomic E-state index is 12.1. The van der Waals surface area contributed by atoms with Gasteiger partial charge in [-0.1, -0.05) is 12.1 Å². The largest absolute Gasteiger partial charge is 0.346 e. The van der Waals surface area contributed by atoms with Crippen molar-refractivity contribution < 1.29 is 9.59 Å². The van der Waals surface area contributed by atoms with Crippen LogP contribution in [0.3, 0.4) is 0 Å². The Labute approximate surface area is 137 Å². The number of hydrogen-bond acceptors (Lipinski definition) is 3. The Morgan fingerprint density at radius 1 is 1.32 bits per heavy atom. The number of nitrogens with zero attached hydrogens (tertiary/aromatic N) is 1. The molecule has 1 aromatic carbocycles. The van der Waals surface area contributed by atoms with E-state index in [1.54, 1.807) is 12.1 Å². The average Bonchev–Trinajstić information content (AvgIpc) is 2.84. The second-order valence-corrected chi connectivity index (χ2v) is 6.16. The predicted octanol–water partition coefficient (Wildman–Crippen LogP) is 1.70. The number of nitrogens with two attached hydrogens (primary N) is 1. The number of rotatable bonds is 5. The summed E-state index contributed by atoms with van der Waals surface area (Å²) in [6, 6.07) is 7.38. The van der Waals surface area contributed by atoms with Crippen LogP contribution in [0.2, 0.25) is 0 Å². The molecule has 1 heterocycles. The minimum absolute atomic E-state index is 0. The molecular weight excluding hydrogens is 302 g/mol. The first kappa shape index (κ1) is 18.5. The van der Waals surface area contributed by atoms with Crippen LogP contribution in [0.15, 0.2) is 24.3 Å². The molecule has 0 spiro atoms. The first-order valence-corrected chi connectivity index (χ1v) is 7.30. The summed E-state index contributed by atoms with van der Waals surface area (Å²) in [6.07, 6.45) is 1.59. The highest BCUT2D eigenvalue weighted by atomic mass is 35.5. The van der Waals surface area contributed by atoms with Crippen molar-refractivity contribution in [3.05, 3.63) is 35.4 Å². The van der Waals surface area contributed by atoms with Crippen molar-refractivity contribution in [1.29, 1.82) is 0 Å². The van der Waals surface area contributed by atoms with E-state index >= 15 is 0 Å². The Bertz CT molecular complexity index is 529. The zero-order valence-electron chi connectivity index (χ0n) is 13.1. The van der Waals surface area contributed by atoms with Crippen LogP contribution in [-0.2, 0) is 11.3 Å². The first-order valence-electron chi connectivity index (χ1n) is 7.30. The molecule has 3 N–H and O–H groups in total. The van der Waals surface area contributed by atoms with Crippen molar-refractivity contribution in [2.75, 3.05) is 13.1 Å². The molecule has 0 saturated carbocycles. The number of amides is 2. The third-order valence-corrected chi connectivity index (χ3v) is 3.72. The summed E-state index contributed by atoms with van der Waals surface area (Å²) in [5.74, 6) is 0.0794. The van der Waals surface area contributed by atoms with Crippen LogP contribution in [-0.4, -0.2) is 35.3 Å². The molecule has 22 heavy (non-hydrogen) atoms. The Balaban J connectivity index is 0.00000242. The van der Waals surface area contributed by atoms with Crippen LogP contribution in [0.1, 0.15) is 42.6 Å². The quantitative estimate of drug-likeness (QED) is 0.865. The predicted molar refractivity (Wildman–Crippen MR) is 88.9 cm³/mol. The number of carbonyl (C=O) groups is 2. The molecule has 1 aliphatic heterocycles. The van der Waals surface area contributed by atoms with E-state index in [2.05, 4.69) is 5.32 Å². The SMILES string of the molecule is CC(C)(CN)NC(=O)c1ccc(CN2CCCC2=O)cc1.Cl. The summed E-state index contributed by atoms with van der Waals surface area (Å²) in [6.45, 7) is 5.60. The van der Waals surface area contributed by atoms with E-state index in [-0.39, 0.29) is 24.2 Å². The lowest BCUT2D eigenvalue weighted by atomic mass is 10.0. The smallest absolute Gasteiger partial charge is 0.251 e. The van der Waals surface area contributed by atoms with Crippen molar-refractivity contribution >= 4 is 24.2 Å². The summed E-state index contributed by atoms with van der Waals surface area (Å²) in [4.78, 5) is 25.5. The molecule has 122 valence electrons. The second-order valence-electron chi connectivity index (χ2n) is 6.16. The van der Waals surface area contributed by atoms with Gasteiger partial charge in [-0.3, -0.25) is 9.59 Å². The molecule has 1 fully saturated rings. The fraction of sp³-hybridized carbons (Fsp3) is 0.500. The summed E-state index contributed by atoms with van der Waals surface area (Å²) in [7, 11) is 0. The molecule has 1 aromatic rings. The van der Waals surface area contributed by atoms with E-state index in [0.29, 0.717) is 25.1 Å². The first-order chi connectivity index (χ1) is 9.91. The molecule has 0 aliphatic carbocycles. The molecule has 1 aliphatic rings. The summed E-state index contributed by atoms with van der Waals surface area (Å²) < 4.78 is 0. The van der Waals surface area contributed by atoms with E-state index in [0.717, 1.165) is 18.5 Å². The van der Waals surface area contributed by atoms with Gasteiger partial charge in [0.1, 0.15) is 0 Å². The van der Waals surface area contributed by atoms with Gasteiger partial charge in [0.15, 0.2) is 0 Å². The van der Waals surface area contributed by atoms with Gasteiger partial charge in [0.25, 0.3) is 5.91 Å². The second kappa shape index (κ2) is 7.61. The monoisotopic (exact) mass is 325 g/mol. The van der Waals surface area contributed by atoms with Crippen LogP contribution in [0.5, 0.6) is 0 Å². The van der Waals surface area contributed by atoms with Gasteiger partial charge in [-0.25, -0.2) is 0 Å². The Morgan fingerprint density at radius 2 is 1.95 bits per heavy atom. The molecule has 0 bridgehead atoms. The number of nitrogens with one attached hydrogen (secondary N) is 1. The van der Waals surface area contributed by atoms with Crippen LogP contribution in [0.25, 0.3) is 0 Å². The Morgan fingerprint density at radius 3 is 2.45 bits per heavy atom. The molecular formula is C16H24ClN3O2. The van der Waals surface area contributed by atoms with Crippen molar-refractivity contribution in [2.24, 2.45) is 5.73 Å². The van der Waals surface area contributed by atoms with Gasteiger partial charge < -0.3 is 16.0 Å². The molecule has 0 atom stereocenters. The normalized spacial score (nSPS) is 14.7. The topological polar surface area (TPSA) is 75.4 Å². The Kier molecular flexibility index (Phi) is 6.38. The average molecular weight is 326 g/mol.